The predicted octanol–water partition coefficient (Wildman–Crippen LogP) is 2.00. The second kappa shape index (κ2) is 7.33. The summed E-state index contributed by atoms with van der Waals surface area (Å²) in [5, 5.41) is 13.1. The van der Waals surface area contributed by atoms with Crippen LogP contribution < -0.4 is 4.74 Å². The number of hydrogen-bond acceptors (Lipinski definition) is 6. The summed E-state index contributed by atoms with van der Waals surface area (Å²) in [5.74, 6) is 0.0895. The lowest BCUT2D eigenvalue weighted by atomic mass is 10.0. The quantitative estimate of drug-likeness (QED) is 0.816. The van der Waals surface area contributed by atoms with Gasteiger partial charge in [0.15, 0.2) is 0 Å². The molecule has 2 aromatic rings. The van der Waals surface area contributed by atoms with Crippen LogP contribution >= 0.6 is 0 Å². The van der Waals surface area contributed by atoms with Crippen LogP contribution in [0.4, 0.5) is 0 Å². The molecule has 1 amide bonds. The van der Waals surface area contributed by atoms with Crippen LogP contribution in [0.3, 0.4) is 0 Å². The third kappa shape index (κ3) is 4.14. The molecule has 0 radical (unpaired) electrons. The Hall–Kier alpha value is -2.90. The highest BCUT2D eigenvalue weighted by atomic mass is 16.5. The Morgan fingerprint density at radius 1 is 1.28 bits per heavy atom. The van der Waals surface area contributed by atoms with Gasteiger partial charge in [0, 0.05) is 25.5 Å². The van der Waals surface area contributed by atoms with E-state index >= 15 is 0 Å². The first-order valence-electron chi connectivity index (χ1n) is 7.72. The number of rotatable bonds is 7. The first kappa shape index (κ1) is 18.4. The van der Waals surface area contributed by atoms with Crippen LogP contribution in [0, 0.1) is 0 Å². The molecule has 1 aromatic carbocycles. The van der Waals surface area contributed by atoms with E-state index < -0.39 is 11.5 Å². The minimum atomic E-state index is -1.28. The van der Waals surface area contributed by atoms with Crippen LogP contribution in [0.2, 0.25) is 0 Å². The third-order valence-corrected chi connectivity index (χ3v) is 4.11. The summed E-state index contributed by atoms with van der Waals surface area (Å²) < 4.78 is 10.3. The molecule has 1 N–H and O–H groups in total. The van der Waals surface area contributed by atoms with Crippen molar-refractivity contribution in [1.82, 2.24) is 15.0 Å². The van der Waals surface area contributed by atoms with E-state index in [1.54, 1.807) is 19.2 Å². The average molecular weight is 347 g/mol. The van der Waals surface area contributed by atoms with Crippen LogP contribution in [0.1, 0.15) is 26.2 Å². The smallest absolute Gasteiger partial charge is 0.329 e. The van der Waals surface area contributed by atoms with Gasteiger partial charge in [0.25, 0.3) is 0 Å². The fourth-order valence-corrected chi connectivity index (χ4v) is 2.05. The SMILES string of the molecule is COc1ccc(-c2noc(CCC(=O)N(C)C(C)(C)C(=O)O)n2)cc1. The molecule has 0 saturated carbocycles. The highest BCUT2D eigenvalue weighted by Gasteiger charge is 2.34. The number of carbonyl (C=O) groups excluding carboxylic acids is 1. The Balaban J connectivity index is 1.99. The van der Waals surface area contributed by atoms with E-state index in [-0.39, 0.29) is 18.7 Å². The number of hydrogen-bond donors (Lipinski definition) is 1. The Morgan fingerprint density at radius 2 is 1.92 bits per heavy atom. The van der Waals surface area contributed by atoms with Crippen LogP contribution in [-0.4, -0.2) is 51.7 Å². The van der Waals surface area contributed by atoms with Crippen LogP contribution in [0.25, 0.3) is 11.4 Å². The molecule has 0 spiro atoms. The van der Waals surface area contributed by atoms with Crippen LogP contribution in [0.5, 0.6) is 5.75 Å². The average Bonchev–Trinajstić information content (AvgIpc) is 3.07. The number of carboxylic acid groups (broad SMARTS) is 1. The van der Waals surface area contributed by atoms with Gasteiger partial charge in [0.05, 0.1) is 7.11 Å². The molecule has 0 aliphatic heterocycles. The predicted molar refractivity (Wildman–Crippen MR) is 89.1 cm³/mol. The Bertz CT molecular complexity index is 752. The minimum absolute atomic E-state index is 0.0808. The zero-order valence-electron chi connectivity index (χ0n) is 14.6. The van der Waals surface area contributed by atoms with Crippen molar-refractivity contribution in [1.29, 1.82) is 0 Å². The van der Waals surface area contributed by atoms with E-state index in [4.69, 9.17) is 14.4 Å². The number of aliphatic carboxylic acids is 1. The number of nitrogens with zero attached hydrogens (tertiary/aromatic N) is 3. The van der Waals surface area contributed by atoms with Gasteiger partial charge in [0.1, 0.15) is 11.3 Å². The Kier molecular flexibility index (Phi) is 5.41. The number of likely N-dealkylation sites (N-methyl/N-ethyl adjacent to an activating group) is 1. The Labute approximate surface area is 145 Å². The number of ether oxygens (including phenoxy) is 1. The van der Waals surface area contributed by atoms with Crippen LogP contribution in [-0.2, 0) is 16.0 Å². The summed E-state index contributed by atoms with van der Waals surface area (Å²) in [6, 6.07) is 7.19. The third-order valence-electron chi connectivity index (χ3n) is 4.11. The fraction of sp³-hybridized carbons (Fsp3) is 0.412. The molecule has 0 aliphatic rings. The Morgan fingerprint density at radius 3 is 2.48 bits per heavy atom. The van der Waals surface area contributed by atoms with E-state index in [2.05, 4.69) is 10.1 Å². The summed E-state index contributed by atoms with van der Waals surface area (Å²) in [6.45, 7) is 2.95. The molecule has 0 bridgehead atoms. The topological polar surface area (TPSA) is 106 Å². The monoisotopic (exact) mass is 347 g/mol. The van der Waals surface area contributed by atoms with Crippen LogP contribution in [0.15, 0.2) is 28.8 Å². The van der Waals surface area contributed by atoms with E-state index in [0.717, 1.165) is 11.3 Å². The van der Waals surface area contributed by atoms with Crippen molar-refractivity contribution in [2.24, 2.45) is 0 Å². The lowest BCUT2D eigenvalue weighted by molar-refractivity contribution is -0.155. The maximum Gasteiger partial charge on any atom is 0.329 e. The van der Waals surface area contributed by atoms with Crippen molar-refractivity contribution in [2.45, 2.75) is 32.2 Å². The van der Waals surface area contributed by atoms with Crippen molar-refractivity contribution in [3.8, 4) is 17.1 Å². The summed E-state index contributed by atoms with van der Waals surface area (Å²) in [6.07, 6.45) is 0.319. The summed E-state index contributed by atoms with van der Waals surface area (Å²) >= 11 is 0. The highest BCUT2D eigenvalue weighted by molar-refractivity contribution is 5.86. The second-order valence-corrected chi connectivity index (χ2v) is 6.06. The van der Waals surface area contributed by atoms with Crippen molar-refractivity contribution < 1.29 is 24.0 Å². The molecule has 8 nitrogen and oxygen atoms in total. The fourth-order valence-electron chi connectivity index (χ4n) is 2.05. The number of aryl methyl sites for hydroxylation is 1. The molecule has 0 atom stereocenters. The van der Waals surface area contributed by atoms with Gasteiger partial charge in [-0.2, -0.15) is 4.98 Å². The number of aromatic nitrogens is 2. The number of methoxy groups -OCH3 is 1. The van der Waals surface area contributed by atoms with Gasteiger partial charge in [-0.3, -0.25) is 4.79 Å². The van der Waals surface area contributed by atoms with Gasteiger partial charge in [-0.1, -0.05) is 5.16 Å². The first-order valence-corrected chi connectivity index (χ1v) is 7.72. The molecular formula is C17H21N3O5. The van der Waals surface area contributed by atoms with Gasteiger partial charge < -0.3 is 19.3 Å². The number of benzene rings is 1. The van der Waals surface area contributed by atoms with E-state index in [9.17, 15) is 9.59 Å². The summed E-state index contributed by atoms with van der Waals surface area (Å²) in [7, 11) is 3.05. The normalized spacial score (nSPS) is 11.2. The summed E-state index contributed by atoms with van der Waals surface area (Å²) in [5.41, 5.74) is -0.508. The number of amides is 1. The lowest BCUT2D eigenvalue weighted by Crippen LogP contribution is -2.50. The van der Waals surface area contributed by atoms with Gasteiger partial charge in [-0.05, 0) is 38.1 Å². The highest BCUT2D eigenvalue weighted by Crippen LogP contribution is 2.20. The van der Waals surface area contributed by atoms with Gasteiger partial charge in [0.2, 0.25) is 17.6 Å². The zero-order valence-corrected chi connectivity index (χ0v) is 14.6. The molecule has 25 heavy (non-hydrogen) atoms. The lowest BCUT2D eigenvalue weighted by Gasteiger charge is -2.31. The maximum absolute atomic E-state index is 12.2. The number of carboxylic acids is 1. The molecule has 2 rings (SSSR count). The maximum atomic E-state index is 12.2. The zero-order chi connectivity index (χ0) is 18.6. The second-order valence-electron chi connectivity index (χ2n) is 6.06. The van der Waals surface area contributed by atoms with E-state index in [1.807, 2.05) is 12.1 Å². The van der Waals surface area contributed by atoms with Crippen molar-refractivity contribution >= 4 is 11.9 Å². The van der Waals surface area contributed by atoms with Crippen molar-refractivity contribution in [3.63, 3.8) is 0 Å². The molecule has 8 heteroatoms. The van der Waals surface area contributed by atoms with Crippen molar-refractivity contribution in [2.75, 3.05) is 14.2 Å². The molecule has 0 saturated heterocycles. The molecule has 0 aliphatic carbocycles. The first-order chi connectivity index (χ1) is 11.8. The molecule has 134 valence electrons. The van der Waals surface area contributed by atoms with Gasteiger partial charge in [-0.15, -0.1) is 0 Å². The molecule has 0 unspecified atom stereocenters. The summed E-state index contributed by atoms with van der Waals surface area (Å²) in [4.78, 5) is 28.8. The van der Waals surface area contributed by atoms with E-state index in [0.29, 0.717) is 11.7 Å². The molecule has 0 fully saturated rings. The minimum Gasteiger partial charge on any atom is -0.497 e. The van der Waals surface area contributed by atoms with E-state index in [1.165, 1.54) is 25.8 Å². The number of carbonyl (C=O) groups is 2. The molecule has 1 heterocycles. The molecule has 1 aromatic heterocycles. The largest absolute Gasteiger partial charge is 0.497 e. The van der Waals surface area contributed by atoms with Gasteiger partial charge in [-0.25, -0.2) is 4.79 Å². The van der Waals surface area contributed by atoms with Gasteiger partial charge >= 0.3 is 5.97 Å². The van der Waals surface area contributed by atoms with Crippen molar-refractivity contribution in [3.05, 3.63) is 30.2 Å². The molecular weight excluding hydrogens is 326 g/mol. The standard InChI is InChI=1S/C17H21N3O5/c1-17(2,16(22)23)20(3)14(21)10-9-13-18-15(19-25-13)11-5-7-12(24-4)8-6-11/h5-8H,9-10H2,1-4H3,(H,22,23).